The number of hydrogen-bond donors (Lipinski definition) is 1. The molecule has 3 rings (SSSR count). The Hall–Kier alpha value is -2.41. The lowest BCUT2D eigenvalue weighted by Gasteiger charge is -2.24. The summed E-state index contributed by atoms with van der Waals surface area (Å²) >= 11 is 0. The van der Waals surface area contributed by atoms with Crippen molar-refractivity contribution in [1.29, 1.82) is 0 Å². The van der Waals surface area contributed by atoms with Gasteiger partial charge in [0, 0.05) is 32.0 Å². The quantitative estimate of drug-likeness (QED) is 0.882. The van der Waals surface area contributed by atoms with E-state index in [0.29, 0.717) is 19.0 Å². The molecule has 1 fully saturated rings. The first kappa shape index (κ1) is 17.4. The first-order valence-electron chi connectivity index (χ1n) is 8.76. The maximum Gasteiger partial charge on any atom is 0.270 e. The number of rotatable bonds is 5. The Labute approximate surface area is 146 Å². The number of carbonyl (C=O) groups is 1. The van der Waals surface area contributed by atoms with Crippen molar-refractivity contribution in [3.63, 3.8) is 0 Å². The molecule has 1 aliphatic rings. The summed E-state index contributed by atoms with van der Waals surface area (Å²) in [5, 5.41) is 9.80. The molecule has 0 saturated carbocycles. The summed E-state index contributed by atoms with van der Waals surface area (Å²) in [6.07, 6.45) is 3.85. The van der Waals surface area contributed by atoms with Gasteiger partial charge >= 0.3 is 0 Å². The molecule has 7 heteroatoms. The first-order chi connectivity index (χ1) is 12.0. The van der Waals surface area contributed by atoms with Gasteiger partial charge < -0.3 is 14.9 Å². The molecule has 25 heavy (non-hydrogen) atoms. The van der Waals surface area contributed by atoms with Crippen molar-refractivity contribution in [3.8, 4) is 5.75 Å². The summed E-state index contributed by atoms with van der Waals surface area (Å²) in [6.45, 7) is 8.33. The van der Waals surface area contributed by atoms with Crippen LogP contribution in [0.1, 0.15) is 30.6 Å². The number of amides is 1. The van der Waals surface area contributed by atoms with Crippen molar-refractivity contribution in [1.82, 2.24) is 19.2 Å². The highest BCUT2D eigenvalue weighted by Crippen LogP contribution is 2.18. The number of pyridine rings is 1. The van der Waals surface area contributed by atoms with Crippen LogP contribution in [0.4, 0.5) is 0 Å². The van der Waals surface area contributed by atoms with Gasteiger partial charge in [0.25, 0.3) is 11.5 Å². The second-order valence-corrected chi connectivity index (χ2v) is 6.46. The topological polar surface area (TPSA) is 78.2 Å². The lowest BCUT2D eigenvalue weighted by Crippen LogP contribution is -2.39. The van der Waals surface area contributed by atoms with Gasteiger partial charge in [-0.2, -0.15) is 0 Å². The minimum absolute atomic E-state index is 0.0373. The SMILES string of the molecule is CCN1CC[C@@H](CN(CC)C(=O)c2cnc3c(O)cccn3c2=O)C1. The summed E-state index contributed by atoms with van der Waals surface area (Å²) in [7, 11) is 0. The summed E-state index contributed by atoms with van der Waals surface area (Å²) in [4.78, 5) is 33.7. The van der Waals surface area contributed by atoms with Crippen molar-refractivity contribution < 1.29 is 9.90 Å². The number of likely N-dealkylation sites (tertiary alicyclic amines) is 1. The van der Waals surface area contributed by atoms with Crippen LogP contribution >= 0.6 is 0 Å². The van der Waals surface area contributed by atoms with Crippen molar-refractivity contribution in [2.75, 3.05) is 32.7 Å². The lowest BCUT2D eigenvalue weighted by molar-refractivity contribution is 0.0737. The van der Waals surface area contributed by atoms with E-state index in [2.05, 4.69) is 16.8 Å². The average molecular weight is 344 g/mol. The molecule has 0 aromatic carbocycles. The van der Waals surface area contributed by atoms with Gasteiger partial charge in [-0.05, 0) is 44.5 Å². The van der Waals surface area contributed by atoms with E-state index in [9.17, 15) is 14.7 Å². The molecular weight excluding hydrogens is 320 g/mol. The van der Waals surface area contributed by atoms with Crippen LogP contribution < -0.4 is 5.56 Å². The maximum atomic E-state index is 12.9. The number of fused-ring (bicyclic) bond motifs is 1. The Morgan fingerprint density at radius 2 is 2.24 bits per heavy atom. The maximum absolute atomic E-state index is 12.9. The molecule has 3 heterocycles. The Kier molecular flexibility index (Phi) is 5.03. The largest absolute Gasteiger partial charge is 0.504 e. The molecule has 0 aliphatic carbocycles. The van der Waals surface area contributed by atoms with E-state index in [1.54, 1.807) is 11.0 Å². The van der Waals surface area contributed by atoms with Crippen molar-refractivity contribution >= 4 is 11.6 Å². The van der Waals surface area contributed by atoms with Crippen LogP contribution in [0.25, 0.3) is 5.65 Å². The molecule has 134 valence electrons. The van der Waals surface area contributed by atoms with E-state index in [4.69, 9.17) is 0 Å². The highest BCUT2D eigenvalue weighted by molar-refractivity contribution is 5.93. The van der Waals surface area contributed by atoms with Crippen LogP contribution in [-0.2, 0) is 0 Å². The van der Waals surface area contributed by atoms with Crippen molar-refractivity contribution in [2.45, 2.75) is 20.3 Å². The molecule has 2 aromatic rings. The van der Waals surface area contributed by atoms with Gasteiger partial charge in [0.1, 0.15) is 5.56 Å². The monoisotopic (exact) mass is 344 g/mol. The van der Waals surface area contributed by atoms with Crippen LogP contribution in [0.5, 0.6) is 5.75 Å². The van der Waals surface area contributed by atoms with Crippen molar-refractivity contribution in [2.24, 2.45) is 5.92 Å². The van der Waals surface area contributed by atoms with Crippen LogP contribution in [0.15, 0.2) is 29.3 Å². The highest BCUT2D eigenvalue weighted by Gasteiger charge is 2.26. The Morgan fingerprint density at radius 1 is 1.44 bits per heavy atom. The second-order valence-electron chi connectivity index (χ2n) is 6.46. The predicted octanol–water partition coefficient (Wildman–Crippen LogP) is 1.20. The van der Waals surface area contributed by atoms with E-state index in [1.165, 1.54) is 22.9 Å². The van der Waals surface area contributed by atoms with Crippen LogP contribution in [0.2, 0.25) is 0 Å². The number of nitrogens with zero attached hydrogens (tertiary/aromatic N) is 4. The zero-order chi connectivity index (χ0) is 18.0. The standard InChI is InChI=1S/C18H24N4O3/c1-3-20-9-7-13(11-20)12-21(4-2)17(24)14-10-19-16-15(23)6-5-8-22(16)18(14)25/h5-6,8,10,13,23H,3-4,7,9,11-12H2,1-2H3/t13-/m1/s1. The smallest absolute Gasteiger partial charge is 0.270 e. The van der Waals surface area contributed by atoms with Gasteiger partial charge in [-0.15, -0.1) is 0 Å². The molecule has 1 atom stereocenters. The van der Waals surface area contributed by atoms with Gasteiger partial charge in [0.05, 0.1) is 0 Å². The average Bonchev–Trinajstić information content (AvgIpc) is 3.08. The molecular formula is C18H24N4O3. The summed E-state index contributed by atoms with van der Waals surface area (Å²) in [5.41, 5.74) is -0.261. The Bertz CT molecular complexity index is 833. The van der Waals surface area contributed by atoms with Gasteiger partial charge in [-0.3, -0.25) is 14.0 Å². The third-order valence-electron chi connectivity index (χ3n) is 4.91. The fraction of sp³-hybridized carbons (Fsp3) is 0.500. The summed E-state index contributed by atoms with van der Waals surface area (Å²) in [5.74, 6) is 0.0494. The highest BCUT2D eigenvalue weighted by atomic mass is 16.3. The zero-order valence-corrected chi connectivity index (χ0v) is 14.7. The van der Waals surface area contributed by atoms with E-state index in [0.717, 1.165) is 26.1 Å². The third kappa shape index (κ3) is 3.37. The van der Waals surface area contributed by atoms with Gasteiger partial charge in [-0.1, -0.05) is 6.92 Å². The number of aromatic nitrogens is 2. The number of carbonyl (C=O) groups excluding carboxylic acids is 1. The van der Waals surface area contributed by atoms with E-state index >= 15 is 0 Å². The van der Waals surface area contributed by atoms with E-state index in [-0.39, 0.29) is 22.9 Å². The number of hydrogen-bond acceptors (Lipinski definition) is 5. The van der Waals surface area contributed by atoms with Gasteiger partial charge in [0.2, 0.25) is 0 Å². The summed E-state index contributed by atoms with van der Waals surface area (Å²) in [6, 6.07) is 3.01. The molecule has 2 aromatic heterocycles. The molecule has 1 N–H and O–H groups in total. The fourth-order valence-electron chi connectivity index (χ4n) is 3.43. The third-order valence-corrected chi connectivity index (χ3v) is 4.91. The molecule has 0 bridgehead atoms. The fourth-order valence-corrected chi connectivity index (χ4v) is 3.43. The molecule has 0 spiro atoms. The van der Waals surface area contributed by atoms with Crippen LogP contribution in [0.3, 0.4) is 0 Å². The number of aromatic hydroxyl groups is 1. The molecule has 1 aliphatic heterocycles. The minimum Gasteiger partial charge on any atom is -0.504 e. The Balaban J connectivity index is 1.85. The first-order valence-corrected chi connectivity index (χ1v) is 8.76. The van der Waals surface area contributed by atoms with Crippen LogP contribution in [0, 0.1) is 5.92 Å². The minimum atomic E-state index is -0.453. The molecule has 1 saturated heterocycles. The molecule has 7 nitrogen and oxygen atoms in total. The van der Waals surface area contributed by atoms with E-state index in [1.807, 2.05) is 6.92 Å². The van der Waals surface area contributed by atoms with Crippen molar-refractivity contribution in [3.05, 3.63) is 40.4 Å². The van der Waals surface area contributed by atoms with Gasteiger partial charge in [-0.25, -0.2) is 4.98 Å². The molecule has 1 amide bonds. The summed E-state index contributed by atoms with van der Waals surface area (Å²) < 4.78 is 1.21. The molecule has 0 radical (unpaired) electrons. The predicted molar refractivity (Wildman–Crippen MR) is 94.9 cm³/mol. The Morgan fingerprint density at radius 3 is 2.92 bits per heavy atom. The molecule has 0 unspecified atom stereocenters. The van der Waals surface area contributed by atoms with Gasteiger partial charge in [0.15, 0.2) is 11.4 Å². The van der Waals surface area contributed by atoms with Crippen LogP contribution in [-0.4, -0.2) is 62.9 Å². The normalized spacial score (nSPS) is 17.9. The second kappa shape index (κ2) is 7.23. The van der Waals surface area contributed by atoms with E-state index < -0.39 is 5.56 Å². The zero-order valence-electron chi connectivity index (χ0n) is 14.7. The lowest BCUT2D eigenvalue weighted by atomic mass is 10.1.